The Morgan fingerprint density at radius 1 is 0.547 bits per heavy atom. The highest BCUT2D eigenvalue weighted by molar-refractivity contribution is 7.47. The molecule has 13 nitrogen and oxygen atoms in total. The van der Waals surface area contributed by atoms with E-state index >= 15 is 0 Å². The molecular formula is C50H96NO12P. The van der Waals surface area contributed by atoms with Crippen LogP contribution in [0.1, 0.15) is 226 Å². The number of carbonyl (C=O) groups excluding carboxylic acids is 1. The van der Waals surface area contributed by atoms with Gasteiger partial charge >= 0.3 is 7.82 Å². The van der Waals surface area contributed by atoms with E-state index in [2.05, 4.69) is 43.5 Å². The third-order valence-electron chi connectivity index (χ3n) is 12.6. The Kier molecular flexibility index (Phi) is 37.8. The van der Waals surface area contributed by atoms with E-state index in [1.54, 1.807) is 0 Å². The maximum atomic E-state index is 13.0. The molecule has 0 aromatic rings. The molecule has 0 spiro atoms. The van der Waals surface area contributed by atoms with Crippen molar-refractivity contribution in [2.75, 3.05) is 6.61 Å². The van der Waals surface area contributed by atoms with E-state index in [1.165, 1.54) is 122 Å². The van der Waals surface area contributed by atoms with Gasteiger partial charge in [-0.25, -0.2) is 4.57 Å². The van der Waals surface area contributed by atoms with E-state index in [4.69, 9.17) is 9.05 Å². The van der Waals surface area contributed by atoms with Crippen molar-refractivity contribution in [3.63, 3.8) is 0 Å². The predicted octanol–water partition coefficient (Wildman–Crippen LogP) is 9.54. The van der Waals surface area contributed by atoms with E-state index in [0.29, 0.717) is 12.8 Å². The van der Waals surface area contributed by atoms with Crippen molar-refractivity contribution in [3.8, 4) is 0 Å². The molecular weight excluding hydrogens is 838 g/mol. The van der Waals surface area contributed by atoms with Crippen molar-refractivity contribution in [2.24, 2.45) is 0 Å². The second-order valence-electron chi connectivity index (χ2n) is 18.6. The maximum Gasteiger partial charge on any atom is 0.472 e. The number of hydrogen-bond donors (Lipinski definition) is 9. The largest absolute Gasteiger partial charge is 0.472 e. The number of rotatable bonds is 43. The number of aliphatic hydroxyl groups is 7. The van der Waals surface area contributed by atoms with E-state index in [1.807, 2.05) is 0 Å². The number of allylic oxidation sites excluding steroid dienone is 4. The lowest BCUT2D eigenvalue weighted by molar-refractivity contribution is -0.220. The summed E-state index contributed by atoms with van der Waals surface area (Å²) in [4.78, 5) is 23.5. The molecule has 0 aliphatic heterocycles. The normalized spacial score (nSPS) is 22.8. The third-order valence-corrected chi connectivity index (χ3v) is 13.6. The van der Waals surface area contributed by atoms with Gasteiger partial charge in [0.1, 0.15) is 36.6 Å². The fraction of sp³-hybridized carbons (Fsp3) is 0.900. The molecule has 8 unspecified atom stereocenters. The quantitative estimate of drug-likeness (QED) is 0.0158. The number of aliphatic hydroxyl groups excluding tert-OH is 7. The minimum absolute atomic E-state index is 0.234. The molecule has 64 heavy (non-hydrogen) atoms. The summed E-state index contributed by atoms with van der Waals surface area (Å²) in [5.41, 5.74) is 0. The van der Waals surface area contributed by atoms with Crippen LogP contribution in [0.25, 0.3) is 0 Å². The minimum Gasteiger partial charge on any atom is -0.393 e. The van der Waals surface area contributed by atoms with E-state index in [-0.39, 0.29) is 12.8 Å². The lowest BCUT2D eigenvalue weighted by Crippen LogP contribution is -2.64. The Balaban J connectivity index is 2.45. The summed E-state index contributed by atoms with van der Waals surface area (Å²) < 4.78 is 23.0. The van der Waals surface area contributed by atoms with Crippen molar-refractivity contribution in [1.82, 2.24) is 5.32 Å². The Bertz CT molecular complexity index is 1190. The van der Waals surface area contributed by atoms with Crippen LogP contribution in [0.5, 0.6) is 0 Å². The van der Waals surface area contributed by atoms with Crippen molar-refractivity contribution in [1.29, 1.82) is 0 Å². The van der Waals surface area contributed by atoms with Crippen molar-refractivity contribution < 1.29 is 59.0 Å². The molecule has 1 saturated carbocycles. The number of nitrogens with one attached hydrogen (secondary N) is 1. The highest BCUT2D eigenvalue weighted by Gasteiger charge is 2.51. The second kappa shape index (κ2) is 39.7. The highest BCUT2D eigenvalue weighted by atomic mass is 31.2. The van der Waals surface area contributed by atoms with Crippen LogP contribution in [0.3, 0.4) is 0 Å². The minimum atomic E-state index is -5.12. The molecule has 0 bridgehead atoms. The first kappa shape index (κ1) is 60.8. The molecule has 1 rings (SSSR count). The number of unbranched alkanes of at least 4 members (excludes halogenated alkanes) is 27. The van der Waals surface area contributed by atoms with Gasteiger partial charge in [0.2, 0.25) is 5.91 Å². The van der Waals surface area contributed by atoms with Crippen LogP contribution in [0.4, 0.5) is 0 Å². The molecule has 0 aromatic carbocycles. The number of phosphoric acid groups is 1. The summed E-state index contributed by atoms with van der Waals surface area (Å²) in [6.07, 6.45) is 30.8. The van der Waals surface area contributed by atoms with Crippen LogP contribution in [-0.4, -0.2) is 108 Å². The van der Waals surface area contributed by atoms with Gasteiger partial charge in [-0.05, 0) is 38.5 Å². The Morgan fingerprint density at radius 3 is 1.36 bits per heavy atom. The lowest BCUT2D eigenvalue weighted by atomic mass is 9.85. The van der Waals surface area contributed by atoms with Crippen LogP contribution in [0.15, 0.2) is 24.3 Å². The topological polar surface area (TPSA) is 226 Å². The molecule has 0 heterocycles. The summed E-state index contributed by atoms with van der Waals surface area (Å²) >= 11 is 0. The smallest absolute Gasteiger partial charge is 0.393 e. The molecule has 0 saturated heterocycles. The molecule has 378 valence electrons. The third kappa shape index (κ3) is 30.9. The fourth-order valence-electron chi connectivity index (χ4n) is 8.36. The number of phosphoric ester groups is 1. The first-order valence-electron chi connectivity index (χ1n) is 25.9. The standard InChI is InChI=1S/C50H96NO12P/c1-3-5-7-9-11-13-15-17-18-19-20-21-22-23-24-26-28-30-32-34-36-38-43(53)42(40-62-64(60,61)63-50-48(58)46(56)45(55)47(57)49(50)59)51-44(54)39-41(52)37-35-33-31-29-27-25-16-14-12-10-8-6-4-2/h12,14,16,25,41-43,45-50,52-53,55-59H,3-11,13,15,17-24,26-40H2,1-2H3,(H,51,54)(H,60,61)/b14-12-,25-16-. The summed E-state index contributed by atoms with van der Waals surface area (Å²) in [6, 6.07) is -1.16. The summed E-state index contributed by atoms with van der Waals surface area (Å²) in [5, 5.41) is 74.8. The fourth-order valence-corrected chi connectivity index (χ4v) is 9.32. The van der Waals surface area contributed by atoms with Gasteiger partial charge in [-0.2, -0.15) is 0 Å². The average molecular weight is 934 g/mol. The van der Waals surface area contributed by atoms with Gasteiger partial charge in [0.15, 0.2) is 0 Å². The van der Waals surface area contributed by atoms with Crippen LogP contribution in [0.2, 0.25) is 0 Å². The Hall–Kier alpha value is -1.22. The van der Waals surface area contributed by atoms with E-state index in [9.17, 15) is 50.0 Å². The summed E-state index contributed by atoms with van der Waals surface area (Å²) in [6.45, 7) is 3.77. The van der Waals surface area contributed by atoms with Gasteiger partial charge in [-0.1, -0.05) is 205 Å². The number of amides is 1. The number of hydrogen-bond acceptors (Lipinski definition) is 11. The molecule has 1 aliphatic rings. The second-order valence-corrected chi connectivity index (χ2v) is 20.0. The Morgan fingerprint density at radius 2 is 0.906 bits per heavy atom. The van der Waals surface area contributed by atoms with Crippen LogP contribution >= 0.6 is 7.82 Å². The first-order valence-corrected chi connectivity index (χ1v) is 27.4. The van der Waals surface area contributed by atoms with Gasteiger partial charge in [0, 0.05) is 0 Å². The molecule has 14 heteroatoms. The lowest BCUT2D eigenvalue weighted by Gasteiger charge is -2.41. The molecule has 8 atom stereocenters. The SMILES string of the molecule is CCCCC/C=C\C=C/CCCCCCC(O)CC(=O)NC(COP(=O)(O)OC1C(O)C(O)C(O)C(O)C1O)C(O)CCCCCCCCCCCCCCCCCCCCCCC. The van der Waals surface area contributed by atoms with Crippen molar-refractivity contribution in [3.05, 3.63) is 24.3 Å². The molecule has 0 aromatic heterocycles. The zero-order chi connectivity index (χ0) is 47.3. The van der Waals surface area contributed by atoms with Gasteiger partial charge in [0.25, 0.3) is 0 Å². The van der Waals surface area contributed by atoms with Gasteiger partial charge in [-0.3, -0.25) is 13.8 Å². The zero-order valence-corrected chi connectivity index (χ0v) is 41.1. The number of carbonyl (C=O) groups is 1. The molecule has 1 fully saturated rings. The van der Waals surface area contributed by atoms with E-state index < -0.39 is 75.2 Å². The molecule has 9 N–H and O–H groups in total. The predicted molar refractivity (Wildman–Crippen MR) is 257 cm³/mol. The Labute approximate surface area is 388 Å². The van der Waals surface area contributed by atoms with Crippen molar-refractivity contribution in [2.45, 2.75) is 281 Å². The monoisotopic (exact) mass is 934 g/mol. The van der Waals surface area contributed by atoms with Crippen molar-refractivity contribution >= 4 is 13.7 Å². The maximum absolute atomic E-state index is 13.0. The van der Waals surface area contributed by atoms with Gasteiger partial charge in [-0.15, -0.1) is 0 Å². The summed E-state index contributed by atoms with van der Waals surface area (Å²) in [5.74, 6) is -0.570. The average Bonchev–Trinajstić information content (AvgIpc) is 3.27. The summed E-state index contributed by atoms with van der Waals surface area (Å²) in [7, 11) is -5.12. The van der Waals surface area contributed by atoms with Crippen LogP contribution in [-0.2, 0) is 18.4 Å². The first-order chi connectivity index (χ1) is 30.8. The van der Waals surface area contributed by atoms with Gasteiger partial charge in [0.05, 0.1) is 31.3 Å². The highest BCUT2D eigenvalue weighted by Crippen LogP contribution is 2.47. The van der Waals surface area contributed by atoms with Crippen LogP contribution in [0, 0.1) is 0 Å². The van der Waals surface area contributed by atoms with Gasteiger partial charge < -0.3 is 46.0 Å². The zero-order valence-electron chi connectivity index (χ0n) is 40.2. The van der Waals surface area contributed by atoms with E-state index in [0.717, 1.165) is 64.2 Å². The molecule has 1 aliphatic carbocycles. The molecule has 1 amide bonds. The van der Waals surface area contributed by atoms with Crippen LogP contribution < -0.4 is 5.32 Å². The molecule has 0 radical (unpaired) electrons.